The number of aromatic nitrogens is 6. The predicted octanol–water partition coefficient (Wildman–Crippen LogP) is 4.96. The molecule has 0 aliphatic rings. The van der Waals surface area contributed by atoms with E-state index in [1.165, 1.54) is 5.56 Å². The Bertz CT molecular complexity index is 1070. The van der Waals surface area contributed by atoms with Crippen molar-refractivity contribution in [3.63, 3.8) is 0 Å². The lowest BCUT2D eigenvalue weighted by atomic mass is 10.1. The quantitative estimate of drug-likeness (QED) is 0.401. The minimum Gasteiger partial charge on any atom is -0.419 e. The van der Waals surface area contributed by atoms with E-state index in [1.54, 1.807) is 24.2 Å². The normalized spacial score (nSPS) is 12.2. The van der Waals surface area contributed by atoms with E-state index in [2.05, 4.69) is 43.8 Å². The van der Waals surface area contributed by atoms with E-state index in [1.807, 2.05) is 43.3 Å². The number of pyridine rings is 1. The molecule has 0 aliphatic carbocycles. The minimum absolute atomic E-state index is 0.0493. The van der Waals surface area contributed by atoms with Gasteiger partial charge in [-0.2, -0.15) is 0 Å². The van der Waals surface area contributed by atoms with Gasteiger partial charge in [-0.1, -0.05) is 36.4 Å². The maximum absolute atomic E-state index is 5.93. The second-order valence-electron chi connectivity index (χ2n) is 6.77. The van der Waals surface area contributed by atoms with Crippen molar-refractivity contribution in [2.75, 3.05) is 0 Å². The molecular formula is C21H22N6OS. The van der Waals surface area contributed by atoms with Crippen molar-refractivity contribution in [1.29, 1.82) is 0 Å². The molecule has 29 heavy (non-hydrogen) atoms. The lowest BCUT2D eigenvalue weighted by Crippen LogP contribution is -2.03. The van der Waals surface area contributed by atoms with Crippen LogP contribution in [0.15, 0.2) is 58.4 Å². The first kappa shape index (κ1) is 19.3. The fourth-order valence-electron chi connectivity index (χ4n) is 2.94. The monoisotopic (exact) mass is 406 g/mol. The molecule has 4 aromatic rings. The van der Waals surface area contributed by atoms with Crippen molar-refractivity contribution in [3.05, 3.63) is 60.2 Å². The summed E-state index contributed by atoms with van der Waals surface area (Å²) in [4.78, 5) is 4.08. The summed E-state index contributed by atoms with van der Waals surface area (Å²) in [7, 11) is 0. The van der Waals surface area contributed by atoms with E-state index >= 15 is 0 Å². The van der Waals surface area contributed by atoms with Gasteiger partial charge in [-0.15, -0.1) is 20.4 Å². The summed E-state index contributed by atoms with van der Waals surface area (Å²) in [5, 5.41) is 18.1. The smallest absolute Gasteiger partial charge is 0.247 e. The lowest BCUT2D eigenvalue weighted by molar-refractivity contribution is 0.508. The molecule has 148 valence electrons. The molecule has 0 bridgehead atoms. The summed E-state index contributed by atoms with van der Waals surface area (Å²) in [6.07, 6.45) is 4.51. The van der Waals surface area contributed by atoms with E-state index in [4.69, 9.17) is 4.42 Å². The number of rotatable bonds is 7. The maximum atomic E-state index is 5.93. The fourth-order valence-corrected chi connectivity index (χ4v) is 3.84. The average Bonchev–Trinajstić information content (AvgIpc) is 3.38. The summed E-state index contributed by atoms with van der Waals surface area (Å²) in [6.45, 7) is 7.06. The summed E-state index contributed by atoms with van der Waals surface area (Å²) in [5.74, 6) is 1.94. The Kier molecular flexibility index (Phi) is 5.71. The van der Waals surface area contributed by atoms with Crippen LogP contribution in [0, 0.1) is 6.92 Å². The van der Waals surface area contributed by atoms with E-state index in [9.17, 15) is 0 Å². The highest BCUT2D eigenvalue weighted by Gasteiger charge is 2.21. The minimum atomic E-state index is -0.0493. The molecule has 1 atom stereocenters. The average molecular weight is 407 g/mol. The van der Waals surface area contributed by atoms with Crippen LogP contribution in [-0.4, -0.2) is 29.9 Å². The highest BCUT2D eigenvalue weighted by Crippen LogP contribution is 2.35. The Morgan fingerprint density at radius 1 is 0.966 bits per heavy atom. The second-order valence-corrected chi connectivity index (χ2v) is 8.07. The molecule has 0 saturated carbocycles. The van der Waals surface area contributed by atoms with Gasteiger partial charge in [-0.3, -0.25) is 4.98 Å². The van der Waals surface area contributed by atoms with Gasteiger partial charge >= 0.3 is 0 Å². The van der Waals surface area contributed by atoms with E-state index in [0.29, 0.717) is 11.8 Å². The summed E-state index contributed by atoms with van der Waals surface area (Å²) >= 11 is 1.57. The van der Waals surface area contributed by atoms with E-state index < -0.39 is 0 Å². The Hall–Kier alpha value is -3.00. The number of hydrogen-bond donors (Lipinski definition) is 0. The molecule has 0 aliphatic heterocycles. The number of nitrogens with zero attached hydrogens (tertiary/aromatic N) is 6. The fraction of sp³-hybridized carbons (Fsp3) is 0.286. The van der Waals surface area contributed by atoms with Crippen LogP contribution < -0.4 is 0 Å². The third kappa shape index (κ3) is 4.22. The van der Waals surface area contributed by atoms with Gasteiger partial charge in [0.25, 0.3) is 0 Å². The number of thioether (sulfide) groups is 1. The van der Waals surface area contributed by atoms with Crippen LogP contribution in [-0.2, 0) is 6.54 Å². The SMILES string of the molecule is CCCn1c(SC(C)c2nnc(-c3ccc(C)cc3)o2)nnc1-c1ccncc1. The van der Waals surface area contributed by atoms with Crippen molar-refractivity contribution in [3.8, 4) is 22.8 Å². The van der Waals surface area contributed by atoms with Gasteiger partial charge < -0.3 is 8.98 Å². The molecule has 8 heteroatoms. The maximum Gasteiger partial charge on any atom is 0.247 e. The summed E-state index contributed by atoms with van der Waals surface area (Å²) < 4.78 is 8.06. The Balaban J connectivity index is 1.56. The Labute approximate surface area is 173 Å². The van der Waals surface area contributed by atoms with Crippen LogP contribution in [0.5, 0.6) is 0 Å². The zero-order chi connectivity index (χ0) is 20.2. The van der Waals surface area contributed by atoms with Gasteiger partial charge in [0.1, 0.15) is 0 Å². The topological polar surface area (TPSA) is 82.5 Å². The molecule has 4 rings (SSSR count). The van der Waals surface area contributed by atoms with Gasteiger partial charge in [0.05, 0.1) is 5.25 Å². The largest absolute Gasteiger partial charge is 0.419 e. The molecule has 3 aromatic heterocycles. The number of aryl methyl sites for hydroxylation is 1. The van der Waals surface area contributed by atoms with Crippen molar-refractivity contribution in [1.82, 2.24) is 29.9 Å². The molecular weight excluding hydrogens is 384 g/mol. The molecule has 3 heterocycles. The molecule has 7 nitrogen and oxygen atoms in total. The van der Waals surface area contributed by atoms with E-state index in [0.717, 1.165) is 35.1 Å². The zero-order valence-electron chi connectivity index (χ0n) is 16.6. The van der Waals surface area contributed by atoms with Crippen LogP contribution in [0.25, 0.3) is 22.8 Å². The summed E-state index contributed by atoms with van der Waals surface area (Å²) in [5.41, 5.74) is 3.11. The van der Waals surface area contributed by atoms with Crippen molar-refractivity contribution in [2.24, 2.45) is 0 Å². The van der Waals surface area contributed by atoms with Crippen LogP contribution >= 0.6 is 11.8 Å². The lowest BCUT2D eigenvalue weighted by Gasteiger charge is -2.10. The molecule has 1 aromatic carbocycles. The highest BCUT2D eigenvalue weighted by molar-refractivity contribution is 7.99. The van der Waals surface area contributed by atoms with Crippen molar-refractivity contribution < 1.29 is 4.42 Å². The van der Waals surface area contributed by atoms with E-state index in [-0.39, 0.29) is 5.25 Å². The molecule has 0 amide bonds. The first-order chi connectivity index (χ1) is 14.2. The van der Waals surface area contributed by atoms with Gasteiger partial charge in [-0.25, -0.2) is 0 Å². The van der Waals surface area contributed by atoms with Crippen LogP contribution in [0.3, 0.4) is 0 Å². The Morgan fingerprint density at radius 3 is 2.45 bits per heavy atom. The van der Waals surface area contributed by atoms with Crippen LogP contribution in [0.4, 0.5) is 0 Å². The first-order valence-corrected chi connectivity index (χ1v) is 10.4. The molecule has 1 unspecified atom stereocenters. The van der Waals surface area contributed by atoms with Gasteiger partial charge in [0.2, 0.25) is 11.8 Å². The summed E-state index contributed by atoms with van der Waals surface area (Å²) in [6, 6.07) is 11.9. The van der Waals surface area contributed by atoms with Crippen LogP contribution in [0.2, 0.25) is 0 Å². The Morgan fingerprint density at radius 2 is 1.72 bits per heavy atom. The van der Waals surface area contributed by atoms with Crippen molar-refractivity contribution >= 4 is 11.8 Å². The zero-order valence-corrected chi connectivity index (χ0v) is 17.4. The number of benzene rings is 1. The molecule has 0 fully saturated rings. The molecule has 0 saturated heterocycles. The van der Waals surface area contributed by atoms with Gasteiger partial charge in [-0.05, 0) is 44.5 Å². The molecule has 0 spiro atoms. The first-order valence-electron chi connectivity index (χ1n) is 9.56. The van der Waals surface area contributed by atoms with Crippen molar-refractivity contribution in [2.45, 2.75) is 44.1 Å². The number of hydrogen-bond acceptors (Lipinski definition) is 7. The van der Waals surface area contributed by atoms with Crippen LogP contribution in [0.1, 0.15) is 37.0 Å². The third-order valence-electron chi connectivity index (χ3n) is 4.47. The standard InChI is InChI=1S/C21H22N6OS/c1-4-13-27-18(16-9-11-22-12-10-16)23-26-21(27)29-15(3)19-24-25-20(28-19)17-7-5-14(2)6-8-17/h5-12,15H,4,13H2,1-3H3. The molecule has 0 radical (unpaired) electrons. The highest BCUT2D eigenvalue weighted by atomic mass is 32.2. The molecule has 0 N–H and O–H groups in total. The second kappa shape index (κ2) is 8.57. The van der Waals surface area contributed by atoms with Gasteiger partial charge in [0.15, 0.2) is 11.0 Å². The third-order valence-corrected chi connectivity index (χ3v) is 5.54. The van der Waals surface area contributed by atoms with Gasteiger partial charge in [0, 0.05) is 30.1 Å². The predicted molar refractivity (Wildman–Crippen MR) is 112 cm³/mol.